The molecule has 0 radical (unpaired) electrons. The third-order valence-corrected chi connectivity index (χ3v) is 2.09. The van der Waals surface area contributed by atoms with Crippen LogP contribution in [0.3, 0.4) is 0 Å². The van der Waals surface area contributed by atoms with Gasteiger partial charge in [-0.15, -0.1) is 0 Å². The molecule has 1 fully saturated rings. The lowest BCUT2D eigenvalue weighted by Crippen LogP contribution is -2.25. The molecule has 1 rings (SSSR count). The van der Waals surface area contributed by atoms with Gasteiger partial charge in [0.1, 0.15) is 5.82 Å². The van der Waals surface area contributed by atoms with Gasteiger partial charge in [-0.25, -0.2) is 4.79 Å². The summed E-state index contributed by atoms with van der Waals surface area (Å²) in [6, 6.07) is 0. The maximum atomic E-state index is 11.2. The van der Waals surface area contributed by atoms with Gasteiger partial charge in [0.2, 0.25) is 0 Å². The lowest BCUT2D eigenvalue weighted by molar-refractivity contribution is -0.141. The van der Waals surface area contributed by atoms with Gasteiger partial charge in [0.05, 0.1) is 12.2 Å². The summed E-state index contributed by atoms with van der Waals surface area (Å²) in [5.74, 6) is 0.164. The number of hydrogen-bond donors (Lipinski definition) is 1. The van der Waals surface area contributed by atoms with Gasteiger partial charge in [-0.3, -0.25) is 0 Å². The van der Waals surface area contributed by atoms with Crippen LogP contribution in [0.15, 0.2) is 11.9 Å². The molecule has 2 N–H and O–H groups in total. The molecule has 0 saturated carbocycles. The van der Waals surface area contributed by atoms with Gasteiger partial charge in [0, 0.05) is 13.1 Å². The molecule has 14 heavy (non-hydrogen) atoms. The highest BCUT2D eigenvalue weighted by atomic mass is 16.5. The van der Waals surface area contributed by atoms with Crippen molar-refractivity contribution in [1.82, 2.24) is 4.90 Å². The number of ether oxygens (including phenoxy) is 1. The van der Waals surface area contributed by atoms with Crippen molar-refractivity contribution in [3.8, 4) is 0 Å². The smallest absolute Gasteiger partial charge is 0.334 e. The Balaban J connectivity index is 2.45. The number of rotatable bonds is 3. The van der Waals surface area contributed by atoms with Crippen molar-refractivity contribution in [2.24, 2.45) is 5.73 Å². The van der Waals surface area contributed by atoms with E-state index in [0.717, 1.165) is 25.9 Å². The van der Waals surface area contributed by atoms with Crippen LogP contribution in [0.2, 0.25) is 0 Å². The molecule has 0 aromatic rings. The number of esters is 1. The zero-order valence-electron chi connectivity index (χ0n) is 8.82. The molecular weight excluding hydrogens is 180 g/mol. The van der Waals surface area contributed by atoms with Crippen molar-refractivity contribution >= 4 is 5.97 Å². The van der Waals surface area contributed by atoms with E-state index in [4.69, 9.17) is 10.5 Å². The van der Waals surface area contributed by atoms with Crippen molar-refractivity contribution in [1.29, 1.82) is 0 Å². The molecule has 0 aliphatic carbocycles. The van der Waals surface area contributed by atoms with Crippen molar-refractivity contribution in [2.45, 2.75) is 32.8 Å². The molecule has 0 aromatic heterocycles. The van der Waals surface area contributed by atoms with E-state index in [9.17, 15) is 4.79 Å². The van der Waals surface area contributed by atoms with Crippen LogP contribution in [0.1, 0.15) is 26.7 Å². The fourth-order valence-electron chi connectivity index (χ4n) is 1.45. The first-order valence-electron chi connectivity index (χ1n) is 5.02. The maximum absolute atomic E-state index is 11.2. The summed E-state index contributed by atoms with van der Waals surface area (Å²) in [5, 5.41) is 0. The molecular formula is C10H18N2O2. The number of carbonyl (C=O) groups is 1. The molecule has 1 aliphatic rings. The van der Waals surface area contributed by atoms with Crippen LogP contribution in [-0.4, -0.2) is 30.1 Å². The van der Waals surface area contributed by atoms with E-state index in [2.05, 4.69) is 0 Å². The average Bonchev–Trinajstić information content (AvgIpc) is 2.53. The lowest BCUT2D eigenvalue weighted by atomic mass is 10.4. The van der Waals surface area contributed by atoms with E-state index in [-0.39, 0.29) is 12.1 Å². The van der Waals surface area contributed by atoms with Gasteiger partial charge in [-0.1, -0.05) is 0 Å². The number of carbonyl (C=O) groups excluding carboxylic acids is 1. The molecule has 0 atom stereocenters. The fraction of sp³-hybridized carbons (Fsp3) is 0.700. The summed E-state index contributed by atoms with van der Waals surface area (Å²) >= 11 is 0. The molecule has 1 saturated heterocycles. The maximum Gasteiger partial charge on any atom is 0.334 e. The molecule has 4 nitrogen and oxygen atoms in total. The highest BCUT2D eigenvalue weighted by molar-refractivity contribution is 5.82. The molecule has 0 aromatic carbocycles. The van der Waals surface area contributed by atoms with Crippen LogP contribution in [0.5, 0.6) is 0 Å². The zero-order chi connectivity index (χ0) is 10.6. The predicted octanol–water partition coefficient (Wildman–Crippen LogP) is 0.834. The molecule has 0 amide bonds. The summed E-state index contributed by atoms with van der Waals surface area (Å²) in [7, 11) is 0. The Hall–Kier alpha value is -1.19. The molecule has 0 unspecified atom stereocenters. The predicted molar refractivity (Wildman–Crippen MR) is 54.3 cm³/mol. The van der Waals surface area contributed by atoms with E-state index in [1.54, 1.807) is 0 Å². The highest BCUT2D eigenvalue weighted by Gasteiger charge is 2.13. The number of nitrogens with zero attached hydrogens (tertiary/aromatic N) is 1. The zero-order valence-corrected chi connectivity index (χ0v) is 8.82. The van der Waals surface area contributed by atoms with E-state index in [1.807, 2.05) is 18.7 Å². The SMILES string of the molecule is CC(C)OC(=O)C=C(N)N1CCCC1. The third-order valence-electron chi connectivity index (χ3n) is 2.09. The van der Waals surface area contributed by atoms with Gasteiger partial charge >= 0.3 is 5.97 Å². The van der Waals surface area contributed by atoms with E-state index >= 15 is 0 Å². The minimum absolute atomic E-state index is 0.0925. The van der Waals surface area contributed by atoms with E-state index in [1.165, 1.54) is 6.08 Å². The van der Waals surface area contributed by atoms with Gasteiger partial charge in [0.15, 0.2) is 0 Å². The molecule has 80 valence electrons. The molecule has 1 heterocycles. The quantitative estimate of drug-likeness (QED) is 0.539. The van der Waals surface area contributed by atoms with Crippen LogP contribution < -0.4 is 5.73 Å². The Labute approximate surface area is 84.7 Å². The van der Waals surface area contributed by atoms with Crippen molar-refractivity contribution in [2.75, 3.05) is 13.1 Å². The summed E-state index contributed by atoms with van der Waals surface area (Å²) < 4.78 is 4.96. The van der Waals surface area contributed by atoms with Crippen LogP contribution in [0.4, 0.5) is 0 Å². The molecule has 0 bridgehead atoms. The van der Waals surface area contributed by atoms with Crippen LogP contribution >= 0.6 is 0 Å². The Morgan fingerprint density at radius 3 is 2.50 bits per heavy atom. The van der Waals surface area contributed by atoms with Crippen molar-refractivity contribution in [3.63, 3.8) is 0 Å². The minimum atomic E-state index is -0.357. The first kappa shape index (κ1) is 10.9. The van der Waals surface area contributed by atoms with E-state index < -0.39 is 0 Å². The normalized spacial score (nSPS) is 17.6. The first-order valence-corrected chi connectivity index (χ1v) is 5.02. The molecule has 4 heteroatoms. The monoisotopic (exact) mass is 198 g/mol. The minimum Gasteiger partial charge on any atom is -0.460 e. The summed E-state index contributed by atoms with van der Waals surface area (Å²) in [6.07, 6.45) is 3.57. The van der Waals surface area contributed by atoms with Crippen LogP contribution in [0, 0.1) is 0 Å². The largest absolute Gasteiger partial charge is 0.460 e. The van der Waals surface area contributed by atoms with Crippen LogP contribution in [-0.2, 0) is 9.53 Å². The molecule has 0 spiro atoms. The third kappa shape index (κ3) is 3.28. The second-order valence-electron chi connectivity index (χ2n) is 3.75. The number of nitrogens with two attached hydrogens (primary N) is 1. The van der Waals surface area contributed by atoms with Crippen molar-refractivity contribution < 1.29 is 9.53 Å². The second kappa shape index (κ2) is 4.88. The Morgan fingerprint density at radius 2 is 2.00 bits per heavy atom. The number of likely N-dealkylation sites (tertiary alicyclic amines) is 1. The topological polar surface area (TPSA) is 55.6 Å². The van der Waals surface area contributed by atoms with Crippen molar-refractivity contribution in [3.05, 3.63) is 11.9 Å². The highest BCUT2D eigenvalue weighted by Crippen LogP contribution is 2.10. The van der Waals surface area contributed by atoms with Gasteiger partial charge in [-0.2, -0.15) is 0 Å². The summed E-state index contributed by atoms with van der Waals surface area (Å²) in [6.45, 7) is 5.52. The second-order valence-corrected chi connectivity index (χ2v) is 3.75. The number of hydrogen-bond acceptors (Lipinski definition) is 4. The van der Waals surface area contributed by atoms with Gasteiger partial charge < -0.3 is 15.4 Å². The van der Waals surface area contributed by atoms with Crippen LogP contribution in [0.25, 0.3) is 0 Å². The molecule has 1 aliphatic heterocycles. The standard InChI is InChI=1S/C10H18N2O2/c1-8(2)14-10(13)7-9(11)12-5-3-4-6-12/h7-8H,3-6,11H2,1-2H3. The lowest BCUT2D eigenvalue weighted by Gasteiger charge is -2.17. The first-order chi connectivity index (χ1) is 6.59. The Kier molecular flexibility index (Phi) is 3.80. The Bertz CT molecular complexity index is 230. The fourth-order valence-corrected chi connectivity index (χ4v) is 1.45. The summed E-state index contributed by atoms with van der Waals surface area (Å²) in [4.78, 5) is 13.2. The van der Waals surface area contributed by atoms with Gasteiger partial charge in [0.25, 0.3) is 0 Å². The summed E-state index contributed by atoms with van der Waals surface area (Å²) in [5.41, 5.74) is 5.74. The van der Waals surface area contributed by atoms with Gasteiger partial charge in [-0.05, 0) is 26.7 Å². The average molecular weight is 198 g/mol. The van der Waals surface area contributed by atoms with E-state index in [0.29, 0.717) is 5.82 Å². The Morgan fingerprint density at radius 1 is 1.43 bits per heavy atom.